The first-order valence-electron chi connectivity index (χ1n) is 6.69. The van der Waals surface area contributed by atoms with E-state index in [0.717, 1.165) is 18.5 Å². The number of imidazole rings is 1. The summed E-state index contributed by atoms with van der Waals surface area (Å²) >= 11 is 0. The van der Waals surface area contributed by atoms with Crippen LogP contribution >= 0.6 is 0 Å². The van der Waals surface area contributed by atoms with Gasteiger partial charge in [0.05, 0.1) is 18.6 Å². The highest BCUT2D eigenvalue weighted by Gasteiger charge is 2.26. The van der Waals surface area contributed by atoms with Crippen LogP contribution in [0.15, 0.2) is 6.33 Å². The zero-order valence-electron chi connectivity index (χ0n) is 10.4. The third-order valence-electron chi connectivity index (χ3n) is 3.90. The molecule has 0 bridgehead atoms. The van der Waals surface area contributed by atoms with E-state index < -0.39 is 6.17 Å². The molecule has 1 fully saturated rings. The van der Waals surface area contributed by atoms with E-state index in [1.165, 1.54) is 18.5 Å². The monoisotopic (exact) mass is 251 g/mol. The topological polar surface area (TPSA) is 38.1 Å². The maximum absolute atomic E-state index is 13.1. The molecule has 18 heavy (non-hydrogen) atoms. The molecule has 1 saturated heterocycles. The summed E-state index contributed by atoms with van der Waals surface area (Å²) in [7, 11) is 0. The largest absolute Gasteiger partial charge is 0.338 e. The quantitative estimate of drug-likeness (QED) is 0.795. The minimum atomic E-state index is -0.842. The molecule has 0 saturated carbocycles. The van der Waals surface area contributed by atoms with E-state index in [-0.39, 0.29) is 12.5 Å². The molecule has 1 atom stereocenters. The summed E-state index contributed by atoms with van der Waals surface area (Å²) in [6, 6.07) is 0. The van der Waals surface area contributed by atoms with E-state index in [1.807, 2.05) is 4.57 Å². The number of nitrogens with zero attached hydrogens (tertiary/aromatic N) is 3. The Hall–Kier alpha value is -1.39. The van der Waals surface area contributed by atoms with Crippen molar-refractivity contribution in [3.05, 3.63) is 17.7 Å². The van der Waals surface area contributed by atoms with E-state index in [0.29, 0.717) is 19.5 Å². The highest BCUT2D eigenvalue weighted by Crippen LogP contribution is 2.20. The van der Waals surface area contributed by atoms with Crippen molar-refractivity contribution >= 4 is 5.91 Å². The highest BCUT2D eigenvalue weighted by molar-refractivity contribution is 5.76. The van der Waals surface area contributed by atoms with Gasteiger partial charge in [-0.05, 0) is 32.1 Å². The van der Waals surface area contributed by atoms with Crippen molar-refractivity contribution in [2.75, 3.05) is 13.1 Å². The number of alkyl halides is 1. The maximum Gasteiger partial charge on any atom is 0.242 e. The van der Waals surface area contributed by atoms with Gasteiger partial charge in [0.2, 0.25) is 5.91 Å². The Labute approximate surface area is 106 Å². The van der Waals surface area contributed by atoms with E-state index in [4.69, 9.17) is 0 Å². The Bertz CT molecular complexity index is 457. The molecule has 98 valence electrons. The zero-order chi connectivity index (χ0) is 12.5. The summed E-state index contributed by atoms with van der Waals surface area (Å²) in [6.07, 6.45) is 5.79. The molecule has 2 aliphatic rings. The molecule has 0 radical (unpaired) electrons. The number of carbonyl (C=O) groups is 1. The summed E-state index contributed by atoms with van der Waals surface area (Å²) in [5.74, 6) is 0.0147. The lowest BCUT2D eigenvalue weighted by atomic mass is 10.0. The number of halogens is 1. The van der Waals surface area contributed by atoms with Crippen LogP contribution in [0.5, 0.6) is 0 Å². The molecule has 1 aliphatic carbocycles. The number of hydrogen-bond donors (Lipinski definition) is 0. The lowest BCUT2D eigenvalue weighted by molar-refractivity contribution is -0.131. The molecule has 2 heterocycles. The predicted octanol–water partition coefficient (Wildman–Crippen LogP) is 1.33. The zero-order valence-corrected chi connectivity index (χ0v) is 10.4. The van der Waals surface area contributed by atoms with Crippen molar-refractivity contribution in [3.8, 4) is 0 Å². The van der Waals surface area contributed by atoms with E-state index in [2.05, 4.69) is 4.98 Å². The minimum absolute atomic E-state index is 0.0147. The van der Waals surface area contributed by atoms with Crippen molar-refractivity contribution in [3.63, 3.8) is 0 Å². The molecule has 1 amide bonds. The third-order valence-corrected chi connectivity index (χ3v) is 3.90. The van der Waals surface area contributed by atoms with E-state index in [1.54, 1.807) is 11.2 Å². The normalized spacial score (nSPS) is 23.2. The molecule has 0 N–H and O–H groups in total. The second kappa shape index (κ2) is 4.71. The lowest BCUT2D eigenvalue weighted by Gasteiger charge is -2.18. The first-order valence-corrected chi connectivity index (χ1v) is 6.69. The third kappa shape index (κ3) is 2.13. The van der Waals surface area contributed by atoms with Gasteiger partial charge in [-0.3, -0.25) is 4.79 Å². The Morgan fingerprint density at radius 1 is 1.44 bits per heavy atom. The second-order valence-corrected chi connectivity index (χ2v) is 5.20. The van der Waals surface area contributed by atoms with Crippen molar-refractivity contribution in [2.24, 2.45) is 0 Å². The standard InChI is InChI=1S/C13H18FN3O/c14-10-5-6-16(7-10)13(18)8-17-9-15-11-3-1-2-4-12(11)17/h9-10H,1-8H2/t10-/m0/s1. The van der Waals surface area contributed by atoms with Crippen molar-refractivity contribution in [1.29, 1.82) is 0 Å². The number of hydrogen-bond acceptors (Lipinski definition) is 2. The van der Waals surface area contributed by atoms with Crippen LogP contribution in [0.1, 0.15) is 30.7 Å². The number of likely N-dealkylation sites (tertiary alicyclic amines) is 1. The smallest absolute Gasteiger partial charge is 0.242 e. The summed E-state index contributed by atoms with van der Waals surface area (Å²) in [4.78, 5) is 18.0. The Morgan fingerprint density at radius 2 is 2.28 bits per heavy atom. The van der Waals surface area contributed by atoms with Crippen molar-refractivity contribution < 1.29 is 9.18 Å². The minimum Gasteiger partial charge on any atom is -0.338 e. The number of carbonyl (C=O) groups excluding carboxylic acids is 1. The van der Waals surface area contributed by atoms with Crippen LogP contribution in [0, 0.1) is 0 Å². The van der Waals surface area contributed by atoms with Crippen LogP contribution in [0.25, 0.3) is 0 Å². The number of rotatable bonds is 2. The number of aryl methyl sites for hydroxylation is 1. The fourth-order valence-corrected chi connectivity index (χ4v) is 2.86. The first-order chi connectivity index (χ1) is 8.74. The van der Waals surface area contributed by atoms with Gasteiger partial charge >= 0.3 is 0 Å². The number of fused-ring (bicyclic) bond motifs is 1. The Kier molecular flexibility index (Phi) is 3.06. The lowest BCUT2D eigenvalue weighted by Crippen LogP contribution is -2.32. The van der Waals surface area contributed by atoms with Crippen LogP contribution < -0.4 is 0 Å². The van der Waals surface area contributed by atoms with Gasteiger partial charge in [0.15, 0.2) is 0 Å². The Morgan fingerprint density at radius 3 is 3.06 bits per heavy atom. The van der Waals surface area contributed by atoms with Gasteiger partial charge < -0.3 is 9.47 Å². The van der Waals surface area contributed by atoms with E-state index in [9.17, 15) is 9.18 Å². The van der Waals surface area contributed by atoms with Gasteiger partial charge in [-0.15, -0.1) is 0 Å². The molecule has 3 rings (SSSR count). The molecular formula is C13H18FN3O. The van der Waals surface area contributed by atoms with Crippen LogP contribution in [-0.4, -0.2) is 39.6 Å². The first kappa shape index (κ1) is 11.7. The molecule has 1 aromatic heterocycles. The molecule has 1 aromatic rings. The fraction of sp³-hybridized carbons (Fsp3) is 0.692. The summed E-state index contributed by atoms with van der Waals surface area (Å²) in [5.41, 5.74) is 2.34. The molecule has 4 nitrogen and oxygen atoms in total. The van der Waals surface area contributed by atoms with Gasteiger partial charge in [-0.2, -0.15) is 0 Å². The second-order valence-electron chi connectivity index (χ2n) is 5.20. The average Bonchev–Trinajstić information content (AvgIpc) is 2.97. The van der Waals surface area contributed by atoms with Gasteiger partial charge in [0.1, 0.15) is 12.7 Å². The molecule has 5 heteroatoms. The highest BCUT2D eigenvalue weighted by atomic mass is 19.1. The molecule has 0 spiro atoms. The average molecular weight is 251 g/mol. The number of amides is 1. The van der Waals surface area contributed by atoms with Crippen LogP contribution in [0.4, 0.5) is 4.39 Å². The maximum atomic E-state index is 13.1. The van der Waals surface area contributed by atoms with Crippen LogP contribution in [0.2, 0.25) is 0 Å². The van der Waals surface area contributed by atoms with E-state index >= 15 is 0 Å². The van der Waals surface area contributed by atoms with Crippen molar-refractivity contribution in [1.82, 2.24) is 14.5 Å². The van der Waals surface area contributed by atoms with Crippen LogP contribution in [-0.2, 0) is 24.2 Å². The van der Waals surface area contributed by atoms with Crippen LogP contribution in [0.3, 0.4) is 0 Å². The van der Waals surface area contributed by atoms with Gasteiger partial charge in [-0.25, -0.2) is 9.37 Å². The molecule has 0 unspecified atom stereocenters. The molecular weight excluding hydrogens is 233 g/mol. The number of aromatic nitrogens is 2. The Balaban J connectivity index is 1.69. The molecule has 1 aliphatic heterocycles. The predicted molar refractivity (Wildman–Crippen MR) is 65.0 cm³/mol. The van der Waals surface area contributed by atoms with Gasteiger partial charge in [0, 0.05) is 12.2 Å². The summed E-state index contributed by atoms with van der Waals surface area (Å²) in [6.45, 7) is 1.13. The SMILES string of the molecule is O=C(Cn1cnc2c1CCCC2)N1CC[C@H](F)C1. The fourth-order valence-electron chi connectivity index (χ4n) is 2.86. The summed E-state index contributed by atoms with van der Waals surface area (Å²) < 4.78 is 15.0. The molecule has 0 aromatic carbocycles. The van der Waals surface area contributed by atoms with Gasteiger partial charge in [-0.1, -0.05) is 0 Å². The summed E-state index contributed by atoms with van der Waals surface area (Å²) in [5, 5.41) is 0. The van der Waals surface area contributed by atoms with Gasteiger partial charge in [0.25, 0.3) is 0 Å². The van der Waals surface area contributed by atoms with Crippen molar-refractivity contribution in [2.45, 2.75) is 44.8 Å².